The molecule has 3 unspecified atom stereocenters. The smallest absolute Gasteiger partial charge is 0.304 e. The number of aliphatic hydroxyl groups excluding tert-OH is 1. The number of hydrogen-bond acceptors (Lipinski definition) is 6. The summed E-state index contributed by atoms with van der Waals surface area (Å²) in [4.78, 5) is 21.5. The van der Waals surface area contributed by atoms with Crippen LogP contribution in [0.5, 0.6) is 0 Å². The lowest BCUT2D eigenvalue weighted by atomic mass is 10.1. The van der Waals surface area contributed by atoms with E-state index in [0.29, 0.717) is 12.8 Å². The van der Waals surface area contributed by atoms with Gasteiger partial charge in [-0.05, 0) is 6.42 Å². The van der Waals surface area contributed by atoms with Gasteiger partial charge in [0.15, 0.2) is 0 Å². The van der Waals surface area contributed by atoms with Crippen LogP contribution in [0, 0.1) is 0 Å². The first-order chi connectivity index (χ1) is 7.52. The van der Waals surface area contributed by atoms with Crippen LogP contribution in [0.4, 0.5) is 0 Å². The molecule has 16 heavy (non-hydrogen) atoms. The van der Waals surface area contributed by atoms with Crippen LogP contribution in [-0.2, 0) is 23.8 Å². The molecule has 0 radical (unpaired) electrons. The highest BCUT2D eigenvalue weighted by atomic mass is 16.7. The molecule has 0 saturated carbocycles. The van der Waals surface area contributed by atoms with Crippen molar-refractivity contribution in [3.05, 3.63) is 0 Å². The molecule has 1 N–H and O–H groups in total. The molecule has 0 aromatic heterocycles. The monoisotopic (exact) mass is 232 g/mol. The first-order valence-electron chi connectivity index (χ1n) is 5.13. The van der Waals surface area contributed by atoms with E-state index in [4.69, 9.17) is 19.3 Å². The maximum atomic E-state index is 10.8. The molecule has 0 spiro atoms. The second kappa shape index (κ2) is 5.81. The van der Waals surface area contributed by atoms with E-state index in [1.807, 2.05) is 0 Å². The molecule has 0 aromatic rings. The van der Waals surface area contributed by atoms with Crippen LogP contribution in [0.15, 0.2) is 0 Å². The number of ether oxygens (including phenoxy) is 3. The van der Waals surface area contributed by atoms with Gasteiger partial charge in [0.25, 0.3) is 0 Å². The Hall–Kier alpha value is -1.14. The molecule has 1 fully saturated rings. The van der Waals surface area contributed by atoms with E-state index in [1.54, 1.807) is 0 Å². The summed E-state index contributed by atoms with van der Waals surface area (Å²) in [6.07, 6.45) is -0.825. The molecule has 1 rings (SSSR count). The highest BCUT2D eigenvalue weighted by molar-refractivity contribution is 5.66. The molecule has 0 bridgehead atoms. The van der Waals surface area contributed by atoms with E-state index in [1.165, 1.54) is 13.8 Å². The van der Waals surface area contributed by atoms with Gasteiger partial charge in [-0.2, -0.15) is 0 Å². The van der Waals surface area contributed by atoms with Gasteiger partial charge >= 0.3 is 11.9 Å². The van der Waals surface area contributed by atoms with Gasteiger partial charge in [0.05, 0.1) is 6.61 Å². The predicted octanol–water partition coefficient (Wildman–Crippen LogP) is -0.0214. The predicted molar refractivity (Wildman–Crippen MR) is 52.3 cm³/mol. The maximum Gasteiger partial charge on any atom is 0.304 e. The number of rotatable bonds is 3. The second-order valence-corrected chi connectivity index (χ2v) is 3.62. The van der Waals surface area contributed by atoms with Crippen LogP contribution in [-0.4, -0.2) is 42.1 Å². The third kappa shape index (κ3) is 3.79. The molecule has 1 heterocycles. The minimum Gasteiger partial charge on any atom is -0.460 e. The van der Waals surface area contributed by atoms with E-state index >= 15 is 0 Å². The van der Waals surface area contributed by atoms with E-state index in [2.05, 4.69) is 0 Å². The zero-order chi connectivity index (χ0) is 12.1. The third-order valence-electron chi connectivity index (χ3n) is 2.22. The highest BCUT2D eigenvalue weighted by Gasteiger charge is 2.34. The Morgan fingerprint density at radius 2 is 1.88 bits per heavy atom. The average Bonchev–Trinajstić information content (AvgIpc) is 2.18. The van der Waals surface area contributed by atoms with Crippen LogP contribution in [0.3, 0.4) is 0 Å². The summed E-state index contributed by atoms with van der Waals surface area (Å²) < 4.78 is 15.1. The second-order valence-electron chi connectivity index (χ2n) is 3.62. The number of esters is 2. The zero-order valence-electron chi connectivity index (χ0n) is 9.34. The van der Waals surface area contributed by atoms with Crippen molar-refractivity contribution >= 4 is 11.9 Å². The molecule has 0 aliphatic carbocycles. The summed E-state index contributed by atoms with van der Waals surface area (Å²) in [5, 5.41) is 9.07. The standard InChI is InChI=1S/C10H16O6/c1-6(12)14-8-3-4-10(15-7(2)13)16-9(8)5-11/h8-11H,3-5H2,1-2H3. The molecule has 1 aliphatic heterocycles. The minimum absolute atomic E-state index is 0.282. The summed E-state index contributed by atoms with van der Waals surface area (Å²) in [5.74, 6) is -0.856. The van der Waals surface area contributed by atoms with E-state index < -0.39 is 30.4 Å². The first kappa shape index (κ1) is 12.9. The third-order valence-corrected chi connectivity index (χ3v) is 2.22. The van der Waals surface area contributed by atoms with Gasteiger partial charge in [0, 0.05) is 20.3 Å². The maximum absolute atomic E-state index is 10.8. The number of hydrogen-bond donors (Lipinski definition) is 1. The van der Waals surface area contributed by atoms with E-state index in [9.17, 15) is 9.59 Å². The van der Waals surface area contributed by atoms with Gasteiger partial charge in [0.1, 0.15) is 12.2 Å². The normalized spacial score (nSPS) is 29.6. The van der Waals surface area contributed by atoms with E-state index in [0.717, 1.165) is 0 Å². The van der Waals surface area contributed by atoms with Crippen molar-refractivity contribution in [1.29, 1.82) is 0 Å². The summed E-state index contributed by atoms with van der Waals surface area (Å²) >= 11 is 0. The largest absolute Gasteiger partial charge is 0.460 e. The van der Waals surface area contributed by atoms with Gasteiger partial charge in [0.2, 0.25) is 6.29 Å². The topological polar surface area (TPSA) is 82.1 Å². The van der Waals surface area contributed by atoms with Crippen molar-refractivity contribution in [3.8, 4) is 0 Å². The Labute approximate surface area is 93.5 Å². The van der Waals surface area contributed by atoms with Crippen molar-refractivity contribution in [2.24, 2.45) is 0 Å². The molecule has 1 aliphatic rings. The summed E-state index contributed by atoms with van der Waals surface area (Å²) in [7, 11) is 0. The average molecular weight is 232 g/mol. The SMILES string of the molecule is CC(=O)OC1CCC(OC(C)=O)C(CO)O1. The molecular formula is C10H16O6. The van der Waals surface area contributed by atoms with Crippen LogP contribution < -0.4 is 0 Å². The first-order valence-corrected chi connectivity index (χ1v) is 5.13. The number of carbonyl (C=O) groups is 2. The van der Waals surface area contributed by atoms with Gasteiger partial charge < -0.3 is 19.3 Å². The molecule has 92 valence electrons. The fourth-order valence-electron chi connectivity index (χ4n) is 1.62. The van der Waals surface area contributed by atoms with Crippen LogP contribution >= 0.6 is 0 Å². The summed E-state index contributed by atoms with van der Waals surface area (Å²) in [6, 6.07) is 0. The zero-order valence-corrected chi connectivity index (χ0v) is 9.34. The lowest BCUT2D eigenvalue weighted by Crippen LogP contribution is -2.44. The lowest BCUT2D eigenvalue weighted by Gasteiger charge is -2.34. The van der Waals surface area contributed by atoms with Crippen LogP contribution in [0.2, 0.25) is 0 Å². The van der Waals surface area contributed by atoms with E-state index in [-0.39, 0.29) is 6.61 Å². The van der Waals surface area contributed by atoms with Crippen molar-refractivity contribution in [3.63, 3.8) is 0 Å². The van der Waals surface area contributed by atoms with Crippen molar-refractivity contribution in [2.75, 3.05) is 6.61 Å². The van der Waals surface area contributed by atoms with Gasteiger partial charge in [-0.1, -0.05) is 0 Å². The molecule has 0 amide bonds. The minimum atomic E-state index is -0.665. The Morgan fingerprint density at radius 1 is 1.25 bits per heavy atom. The van der Waals surface area contributed by atoms with Crippen molar-refractivity contribution < 1.29 is 28.9 Å². The molecule has 1 saturated heterocycles. The van der Waals surface area contributed by atoms with Gasteiger partial charge in [-0.25, -0.2) is 0 Å². The molecule has 6 heteroatoms. The van der Waals surface area contributed by atoms with Crippen molar-refractivity contribution in [1.82, 2.24) is 0 Å². The Bertz CT molecular complexity index is 264. The number of aliphatic hydroxyl groups is 1. The van der Waals surface area contributed by atoms with Crippen LogP contribution in [0.25, 0.3) is 0 Å². The number of carbonyl (C=O) groups excluding carboxylic acids is 2. The molecular weight excluding hydrogens is 216 g/mol. The summed E-state index contributed by atoms with van der Waals surface area (Å²) in [6.45, 7) is 2.30. The molecule has 3 atom stereocenters. The van der Waals surface area contributed by atoms with Crippen molar-refractivity contribution in [2.45, 2.75) is 45.2 Å². The van der Waals surface area contributed by atoms with Gasteiger partial charge in [-0.3, -0.25) is 9.59 Å². The lowest BCUT2D eigenvalue weighted by molar-refractivity contribution is -0.232. The van der Waals surface area contributed by atoms with Crippen LogP contribution in [0.1, 0.15) is 26.7 Å². The molecule has 0 aromatic carbocycles. The van der Waals surface area contributed by atoms with Gasteiger partial charge in [-0.15, -0.1) is 0 Å². The fraction of sp³-hybridized carbons (Fsp3) is 0.800. The Kier molecular flexibility index (Phi) is 4.70. The highest BCUT2D eigenvalue weighted by Crippen LogP contribution is 2.23. The molecule has 6 nitrogen and oxygen atoms in total. The quantitative estimate of drug-likeness (QED) is 0.688. The fourth-order valence-corrected chi connectivity index (χ4v) is 1.62. The summed E-state index contributed by atoms with van der Waals surface area (Å²) in [5.41, 5.74) is 0. The Balaban J connectivity index is 2.49. The Morgan fingerprint density at radius 3 is 2.38 bits per heavy atom.